The Morgan fingerprint density at radius 2 is 2.18 bits per heavy atom. The molecule has 0 unspecified atom stereocenters. The van der Waals surface area contributed by atoms with E-state index in [-0.39, 0.29) is 5.82 Å². The highest BCUT2D eigenvalue weighted by atomic mass is 19.1. The molecule has 1 aliphatic heterocycles. The predicted octanol–water partition coefficient (Wildman–Crippen LogP) is 0.811. The lowest BCUT2D eigenvalue weighted by Gasteiger charge is -2.22. The van der Waals surface area contributed by atoms with Gasteiger partial charge in [0, 0.05) is 32.4 Å². The van der Waals surface area contributed by atoms with Gasteiger partial charge in [0.15, 0.2) is 11.6 Å². The van der Waals surface area contributed by atoms with E-state index < -0.39 is 6.03 Å². The lowest BCUT2D eigenvalue weighted by molar-refractivity contribution is 0.211. The summed E-state index contributed by atoms with van der Waals surface area (Å²) in [5.74, 6) is 0.0128. The minimum absolute atomic E-state index is 0.333. The monoisotopic (exact) mass is 238 g/mol. The molecular weight excluding hydrogens is 223 g/mol. The molecule has 17 heavy (non-hydrogen) atoms. The van der Waals surface area contributed by atoms with Gasteiger partial charge in [-0.25, -0.2) is 14.2 Å². The van der Waals surface area contributed by atoms with Gasteiger partial charge in [-0.2, -0.15) is 0 Å². The van der Waals surface area contributed by atoms with Crippen molar-refractivity contribution in [2.45, 2.75) is 6.42 Å². The van der Waals surface area contributed by atoms with E-state index in [0.717, 1.165) is 6.42 Å². The van der Waals surface area contributed by atoms with Gasteiger partial charge in [-0.3, -0.25) is 0 Å². The second kappa shape index (κ2) is 4.99. The molecule has 0 aromatic carbocycles. The van der Waals surface area contributed by atoms with E-state index in [1.165, 1.54) is 6.07 Å². The number of carbonyl (C=O) groups is 1. The zero-order chi connectivity index (χ0) is 12.3. The molecule has 1 aromatic rings. The first-order valence-electron chi connectivity index (χ1n) is 5.58. The van der Waals surface area contributed by atoms with Crippen LogP contribution >= 0.6 is 0 Å². The van der Waals surface area contributed by atoms with E-state index in [0.29, 0.717) is 32.0 Å². The number of primary amides is 1. The fraction of sp³-hybridized carbons (Fsp3) is 0.455. The van der Waals surface area contributed by atoms with E-state index in [1.54, 1.807) is 17.2 Å². The van der Waals surface area contributed by atoms with Crippen molar-refractivity contribution in [1.82, 2.24) is 9.88 Å². The summed E-state index contributed by atoms with van der Waals surface area (Å²) < 4.78 is 13.6. The normalized spacial score (nSPS) is 16.8. The average Bonchev–Trinajstić information content (AvgIpc) is 2.55. The van der Waals surface area contributed by atoms with Gasteiger partial charge in [-0.05, 0) is 18.6 Å². The summed E-state index contributed by atoms with van der Waals surface area (Å²) in [6.07, 6.45) is 2.33. The Morgan fingerprint density at radius 1 is 1.35 bits per heavy atom. The molecule has 1 saturated heterocycles. The Hall–Kier alpha value is -1.85. The number of nitrogens with two attached hydrogens (primary N) is 1. The van der Waals surface area contributed by atoms with E-state index in [2.05, 4.69) is 4.98 Å². The van der Waals surface area contributed by atoms with Crippen molar-refractivity contribution >= 4 is 11.8 Å². The molecule has 1 fully saturated rings. The number of pyridine rings is 1. The van der Waals surface area contributed by atoms with Gasteiger partial charge in [-0.1, -0.05) is 0 Å². The van der Waals surface area contributed by atoms with E-state index in [4.69, 9.17) is 5.73 Å². The van der Waals surface area contributed by atoms with Gasteiger partial charge in [0.05, 0.1) is 0 Å². The number of amides is 2. The Labute approximate surface area is 99.0 Å². The van der Waals surface area contributed by atoms with Crippen LogP contribution in [0.25, 0.3) is 0 Å². The summed E-state index contributed by atoms with van der Waals surface area (Å²) >= 11 is 0. The van der Waals surface area contributed by atoms with Gasteiger partial charge in [-0.15, -0.1) is 0 Å². The first-order chi connectivity index (χ1) is 8.18. The molecule has 0 spiro atoms. The van der Waals surface area contributed by atoms with Crippen LogP contribution in [0.4, 0.5) is 15.0 Å². The van der Waals surface area contributed by atoms with Crippen molar-refractivity contribution in [3.8, 4) is 0 Å². The number of nitrogens with zero attached hydrogens (tertiary/aromatic N) is 3. The molecule has 5 nitrogen and oxygen atoms in total. The number of carbonyl (C=O) groups excluding carboxylic acids is 1. The maximum atomic E-state index is 13.6. The average molecular weight is 238 g/mol. The minimum atomic E-state index is -0.423. The van der Waals surface area contributed by atoms with Crippen molar-refractivity contribution in [1.29, 1.82) is 0 Å². The molecule has 0 atom stereocenters. The van der Waals surface area contributed by atoms with Crippen LogP contribution in [0.3, 0.4) is 0 Å². The van der Waals surface area contributed by atoms with Crippen LogP contribution in [0.2, 0.25) is 0 Å². The third kappa shape index (κ3) is 2.64. The number of urea groups is 1. The molecule has 2 rings (SSSR count). The molecule has 0 aliphatic carbocycles. The molecule has 2 heterocycles. The number of halogens is 1. The lowest BCUT2D eigenvalue weighted by Crippen LogP contribution is -2.38. The highest BCUT2D eigenvalue weighted by molar-refractivity contribution is 5.72. The molecule has 0 bridgehead atoms. The largest absolute Gasteiger partial charge is 0.352 e. The number of anilines is 1. The van der Waals surface area contributed by atoms with Gasteiger partial charge < -0.3 is 15.5 Å². The topological polar surface area (TPSA) is 62.5 Å². The zero-order valence-corrected chi connectivity index (χ0v) is 9.47. The van der Waals surface area contributed by atoms with Crippen LogP contribution < -0.4 is 10.6 Å². The first-order valence-corrected chi connectivity index (χ1v) is 5.58. The molecule has 0 saturated carbocycles. The fourth-order valence-electron chi connectivity index (χ4n) is 1.96. The smallest absolute Gasteiger partial charge is 0.314 e. The van der Waals surface area contributed by atoms with Crippen molar-refractivity contribution in [3.05, 3.63) is 24.1 Å². The lowest BCUT2D eigenvalue weighted by atomic mass is 10.3. The molecule has 1 aliphatic rings. The molecular formula is C11H15FN4O. The maximum absolute atomic E-state index is 13.6. The molecule has 2 amide bonds. The summed E-state index contributed by atoms with van der Waals surface area (Å²) in [7, 11) is 0. The van der Waals surface area contributed by atoms with Crippen molar-refractivity contribution in [2.24, 2.45) is 5.73 Å². The van der Waals surface area contributed by atoms with E-state index >= 15 is 0 Å². The molecule has 2 N–H and O–H groups in total. The highest BCUT2D eigenvalue weighted by Gasteiger charge is 2.19. The quantitative estimate of drug-likeness (QED) is 0.787. The standard InChI is InChI=1S/C11H15FN4O/c12-9-3-1-4-14-10(9)15-5-2-6-16(8-7-15)11(13)17/h1,3-4H,2,5-8H2,(H2,13,17). The fourth-order valence-corrected chi connectivity index (χ4v) is 1.96. The summed E-state index contributed by atoms with van der Waals surface area (Å²) in [5, 5.41) is 0. The van der Waals surface area contributed by atoms with E-state index in [9.17, 15) is 9.18 Å². The van der Waals surface area contributed by atoms with Crippen molar-refractivity contribution < 1.29 is 9.18 Å². The molecule has 0 radical (unpaired) electrons. The summed E-state index contributed by atoms with van der Waals surface area (Å²) in [6, 6.07) is 2.53. The third-order valence-electron chi connectivity index (χ3n) is 2.85. The zero-order valence-electron chi connectivity index (χ0n) is 9.47. The van der Waals surface area contributed by atoms with Crippen LogP contribution in [0.15, 0.2) is 18.3 Å². The Balaban J connectivity index is 2.09. The highest BCUT2D eigenvalue weighted by Crippen LogP contribution is 2.17. The van der Waals surface area contributed by atoms with Crippen molar-refractivity contribution in [2.75, 3.05) is 31.1 Å². The number of rotatable bonds is 1. The van der Waals surface area contributed by atoms with Gasteiger partial charge in [0.1, 0.15) is 0 Å². The first kappa shape index (κ1) is 11.6. The Bertz CT molecular complexity index is 412. The van der Waals surface area contributed by atoms with Crippen LogP contribution in [0, 0.1) is 5.82 Å². The minimum Gasteiger partial charge on any atom is -0.352 e. The third-order valence-corrected chi connectivity index (χ3v) is 2.85. The van der Waals surface area contributed by atoms with Crippen LogP contribution in [0.1, 0.15) is 6.42 Å². The SMILES string of the molecule is NC(=O)N1CCCN(c2ncccc2F)CC1. The number of aromatic nitrogens is 1. The summed E-state index contributed by atoms with van der Waals surface area (Å²) in [6.45, 7) is 2.35. The molecule has 6 heteroatoms. The predicted molar refractivity (Wildman–Crippen MR) is 62.2 cm³/mol. The summed E-state index contributed by atoms with van der Waals surface area (Å²) in [4.78, 5) is 18.5. The van der Waals surface area contributed by atoms with Crippen molar-refractivity contribution in [3.63, 3.8) is 0 Å². The molecule has 92 valence electrons. The molecule has 1 aromatic heterocycles. The number of hydrogen-bond acceptors (Lipinski definition) is 3. The maximum Gasteiger partial charge on any atom is 0.314 e. The van der Waals surface area contributed by atoms with E-state index in [1.807, 2.05) is 4.90 Å². The van der Waals surface area contributed by atoms with Crippen LogP contribution in [-0.2, 0) is 0 Å². The van der Waals surface area contributed by atoms with Crippen LogP contribution in [0.5, 0.6) is 0 Å². The summed E-state index contributed by atoms with van der Waals surface area (Å²) in [5.41, 5.74) is 5.23. The van der Waals surface area contributed by atoms with Gasteiger partial charge in [0.2, 0.25) is 0 Å². The Morgan fingerprint density at radius 3 is 2.88 bits per heavy atom. The number of hydrogen-bond donors (Lipinski definition) is 1. The van der Waals surface area contributed by atoms with Crippen LogP contribution in [-0.4, -0.2) is 42.1 Å². The Kier molecular flexibility index (Phi) is 3.41. The van der Waals surface area contributed by atoms with Gasteiger partial charge >= 0.3 is 6.03 Å². The second-order valence-corrected chi connectivity index (χ2v) is 3.97. The van der Waals surface area contributed by atoms with Gasteiger partial charge in [0.25, 0.3) is 0 Å². The second-order valence-electron chi connectivity index (χ2n) is 3.97.